The van der Waals surface area contributed by atoms with Crippen molar-refractivity contribution < 1.29 is 22.5 Å². The Kier molecular flexibility index (Phi) is 4.43. The Hall–Kier alpha value is -1.45. The molecule has 1 heterocycles. The highest BCUT2D eigenvalue weighted by molar-refractivity contribution is 7.89. The molecule has 0 radical (unpaired) electrons. The van der Waals surface area contributed by atoms with Gasteiger partial charge in [-0.1, -0.05) is 5.16 Å². The summed E-state index contributed by atoms with van der Waals surface area (Å²) < 4.78 is 35.5. The van der Waals surface area contributed by atoms with Crippen LogP contribution in [0.1, 0.15) is 11.5 Å². The molecular formula is C9H15N3O5S. The molecule has 9 heteroatoms. The third-order valence-corrected chi connectivity index (χ3v) is 3.97. The number of sulfonamides is 1. The van der Waals surface area contributed by atoms with Crippen LogP contribution in [-0.2, 0) is 19.6 Å². The molecule has 0 aromatic carbocycles. The summed E-state index contributed by atoms with van der Waals surface area (Å²) in [4.78, 5) is 11.2. The van der Waals surface area contributed by atoms with E-state index in [9.17, 15) is 13.2 Å². The standard InChI is InChI=1S/C9H15N3O5S/c1-5-8(6(2)17-11-5)18(14,15)12-7(4-10)9(13)16-3/h7,12H,4,10H2,1-3H3/t7-/m0/s1. The highest BCUT2D eigenvalue weighted by atomic mass is 32.2. The Morgan fingerprint density at radius 1 is 1.56 bits per heavy atom. The van der Waals surface area contributed by atoms with Crippen LogP contribution in [0.25, 0.3) is 0 Å². The number of esters is 1. The molecule has 0 aliphatic carbocycles. The van der Waals surface area contributed by atoms with Crippen LogP contribution < -0.4 is 10.5 Å². The minimum atomic E-state index is -3.93. The zero-order valence-electron chi connectivity index (χ0n) is 10.3. The normalized spacial score (nSPS) is 13.3. The smallest absolute Gasteiger partial charge is 0.325 e. The lowest BCUT2D eigenvalue weighted by Crippen LogP contribution is -2.46. The summed E-state index contributed by atoms with van der Waals surface area (Å²) in [6, 6.07) is -1.14. The molecule has 18 heavy (non-hydrogen) atoms. The first kappa shape index (κ1) is 14.6. The Bertz CT molecular complexity index is 517. The van der Waals surface area contributed by atoms with Gasteiger partial charge in [-0.25, -0.2) is 8.42 Å². The Morgan fingerprint density at radius 3 is 2.56 bits per heavy atom. The molecule has 0 bridgehead atoms. The van der Waals surface area contributed by atoms with Crippen molar-refractivity contribution in [1.82, 2.24) is 9.88 Å². The first-order valence-electron chi connectivity index (χ1n) is 5.06. The van der Waals surface area contributed by atoms with Crippen LogP contribution in [0.4, 0.5) is 0 Å². The fraction of sp³-hybridized carbons (Fsp3) is 0.556. The maximum atomic E-state index is 12.1. The molecule has 0 saturated heterocycles. The second-order valence-electron chi connectivity index (χ2n) is 3.59. The molecule has 0 unspecified atom stereocenters. The topological polar surface area (TPSA) is 125 Å². The van der Waals surface area contributed by atoms with E-state index in [2.05, 4.69) is 14.6 Å². The molecule has 0 aliphatic rings. The number of carbonyl (C=O) groups is 1. The average Bonchev–Trinajstić information content (AvgIpc) is 2.65. The molecule has 1 aromatic rings. The molecule has 3 N–H and O–H groups in total. The Labute approximate surface area is 105 Å². The molecule has 0 amide bonds. The fourth-order valence-electron chi connectivity index (χ4n) is 1.44. The molecule has 0 fully saturated rings. The molecule has 0 saturated carbocycles. The van der Waals surface area contributed by atoms with Gasteiger partial charge in [-0.15, -0.1) is 0 Å². The highest BCUT2D eigenvalue weighted by Crippen LogP contribution is 2.18. The van der Waals surface area contributed by atoms with Crippen LogP contribution in [-0.4, -0.2) is 39.2 Å². The van der Waals surface area contributed by atoms with Gasteiger partial charge in [-0.05, 0) is 13.8 Å². The third-order valence-electron chi connectivity index (χ3n) is 2.26. The van der Waals surface area contributed by atoms with Gasteiger partial charge in [0.05, 0.1) is 7.11 Å². The monoisotopic (exact) mass is 277 g/mol. The zero-order chi connectivity index (χ0) is 13.9. The van der Waals surface area contributed by atoms with Crippen molar-refractivity contribution in [2.24, 2.45) is 5.73 Å². The van der Waals surface area contributed by atoms with E-state index in [-0.39, 0.29) is 22.9 Å². The van der Waals surface area contributed by atoms with E-state index in [1.165, 1.54) is 13.8 Å². The largest absolute Gasteiger partial charge is 0.468 e. The minimum Gasteiger partial charge on any atom is -0.468 e. The lowest BCUT2D eigenvalue weighted by Gasteiger charge is -2.14. The van der Waals surface area contributed by atoms with Crippen LogP contribution in [0.2, 0.25) is 0 Å². The average molecular weight is 277 g/mol. The van der Waals surface area contributed by atoms with E-state index >= 15 is 0 Å². The Morgan fingerprint density at radius 2 is 2.17 bits per heavy atom. The van der Waals surface area contributed by atoms with Crippen molar-refractivity contribution in [2.75, 3.05) is 13.7 Å². The minimum absolute atomic E-state index is 0.0927. The number of rotatable bonds is 5. The predicted molar refractivity (Wildman–Crippen MR) is 61.2 cm³/mol. The summed E-state index contributed by atoms with van der Waals surface area (Å²) in [5.74, 6) is -0.617. The highest BCUT2D eigenvalue weighted by Gasteiger charge is 2.29. The fourth-order valence-corrected chi connectivity index (χ4v) is 2.97. The van der Waals surface area contributed by atoms with Crippen molar-refractivity contribution in [3.8, 4) is 0 Å². The maximum Gasteiger partial charge on any atom is 0.325 e. The summed E-state index contributed by atoms with van der Waals surface area (Å²) in [6.07, 6.45) is 0. The van der Waals surface area contributed by atoms with Gasteiger partial charge in [0.25, 0.3) is 0 Å². The van der Waals surface area contributed by atoms with Crippen molar-refractivity contribution in [3.05, 3.63) is 11.5 Å². The van der Waals surface area contributed by atoms with Crippen molar-refractivity contribution >= 4 is 16.0 Å². The zero-order valence-corrected chi connectivity index (χ0v) is 11.1. The number of aryl methyl sites for hydroxylation is 2. The molecule has 102 valence electrons. The number of hydrogen-bond acceptors (Lipinski definition) is 7. The number of methoxy groups -OCH3 is 1. The predicted octanol–water partition coefficient (Wildman–Crippen LogP) is -0.930. The van der Waals surface area contributed by atoms with E-state index in [0.717, 1.165) is 7.11 Å². The van der Waals surface area contributed by atoms with Crippen LogP contribution in [0.15, 0.2) is 9.42 Å². The second kappa shape index (κ2) is 5.46. The number of nitrogens with one attached hydrogen (secondary N) is 1. The molecule has 1 aromatic heterocycles. The lowest BCUT2D eigenvalue weighted by molar-refractivity contribution is -0.142. The van der Waals surface area contributed by atoms with Crippen molar-refractivity contribution in [3.63, 3.8) is 0 Å². The van der Waals surface area contributed by atoms with E-state index in [0.29, 0.717) is 0 Å². The molecule has 0 aliphatic heterocycles. The number of nitrogens with two attached hydrogens (primary N) is 1. The lowest BCUT2D eigenvalue weighted by atomic mass is 10.3. The first-order valence-corrected chi connectivity index (χ1v) is 6.55. The third kappa shape index (κ3) is 2.86. The maximum absolute atomic E-state index is 12.1. The van der Waals surface area contributed by atoms with Crippen molar-refractivity contribution in [2.45, 2.75) is 24.8 Å². The number of nitrogens with zero attached hydrogens (tertiary/aromatic N) is 1. The number of ether oxygens (including phenoxy) is 1. The first-order chi connectivity index (χ1) is 8.33. The summed E-state index contributed by atoms with van der Waals surface area (Å²) in [7, 11) is -2.78. The number of carbonyl (C=O) groups excluding carboxylic acids is 1. The molecule has 8 nitrogen and oxygen atoms in total. The van der Waals surface area contributed by atoms with Crippen molar-refractivity contribution in [1.29, 1.82) is 0 Å². The molecule has 0 spiro atoms. The van der Waals surface area contributed by atoms with Gasteiger partial charge in [0.2, 0.25) is 10.0 Å². The van der Waals surface area contributed by atoms with E-state index in [1.54, 1.807) is 0 Å². The number of aromatic nitrogens is 1. The summed E-state index contributed by atoms with van der Waals surface area (Å²) >= 11 is 0. The van der Waals surface area contributed by atoms with Crippen LogP contribution in [0.3, 0.4) is 0 Å². The van der Waals surface area contributed by atoms with Gasteiger partial charge in [-0.2, -0.15) is 4.72 Å². The van der Waals surface area contributed by atoms with Gasteiger partial charge >= 0.3 is 5.97 Å². The van der Waals surface area contributed by atoms with Crippen LogP contribution in [0.5, 0.6) is 0 Å². The number of hydrogen-bond donors (Lipinski definition) is 2. The summed E-state index contributed by atoms with van der Waals surface area (Å²) in [6.45, 7) is 2.74. The van der Waals surface area contributed by atoms with Gasteiger partial charge in [0.1, 0.15) is 16.6 Å². The quantitative estimate of drug-likeness (QED) is 0.666. The Balaban J connectivity index is 3.05. The molecular weight excluding hydrogens is 262 g/mol. The van der Waals surface area contributed by atoms with E-state index in [1.807, 2.05) is 0 Å². The molecule has 1 atom stereocenters. The van der Waals surface area contributed by atoms with Gasteiger partial charge in [0.15, 0.2) is 5.76 Å². The van der Waals surface area contributed by atoms with Gasteiger partial charge in [-0.3, -0.25) is 4.79 Å². The van der Waals surface area contributed by atoms with Gasteiger partial charge < -0.3 is 15.0 Å². The SMILES string of the molecule is COC(=O)[C@H](CN)NS(=O)(=O)c1c(C)noc1C. The van der Waals surface area contributed by atoms with Crippen LogP contribution in [0, 0.1) is 13.8 Å². The second-order valence-corrected chi connectivity index (χ2v) is 5.24. The van der Waals surface area contributed by atoms with Gasteiger partial charge in [0, 0.05) is 6.54 Å². The molecule has 1 rings (SSSR count). The van der Waals surface area contributed by atoms with Crippen LogP contribution >= 0.6 is 0 Å². The summed E-state index contributed by atoms with van der Waals surface area (Å²) in [5.41, 5.74) is 5.53. The summed E-state index contributed by atoms with van der Waals surface area (Å²) in [5, 5.41) is 3.54. The van der Waals surface area contributed by atoms with E-state index in [4.69, 9.17) is 10.3 Å². The van der Waals surface area contributed by atoms with E-state index < -0.39 is 22.0 Å².